The second-order valence-corrected chi connectivity index (χ2v) is 18.4. The molecule has 12 aliphatic heterocycles. The maximum atomic E-state index is 6.44. The topological polar surface area (TPSA) is 138 Å². The zero-order valence-electron chi connectivity index (χ0n) is 39.1. The molecule has 0 unspecified atom stereocenters. The van der Waals surface area contributed by atoms with Gasteiger partial charge in [-0.2, -0.15) is 0 Å². The highest BCUT2D eigenvalue weighted by Gasteiger charge is 2.51. The van der Waals surface area contributed by atoms with E-state index in [1.54, 1.807) is 0 Å². The van der Waals surface area contributed by atoms with Crippen molar-refractivity contribution in [2.45, 2.75) is 50.8 Å². The Kier molecular flexibility index (Phi) is 14.7. The SMILES string of the molecule is CC12OCC3(CO1)COC(C)(OC3)c1cccc(c1)OCCOCCOc1cccc(c1)C1(C)OCC3(COC(C)(OC3)c3cccc(c3)OCCOCCOCCOc3cccc2c3)CO1. The molecule has 12 heterocycles. The Bertz CT molecular complexity index is 2060. The summed E-state index contributed by atoms with van der Waals surface area (Å²) >= 11 is 0. The number of ether oxygens (including phenoxy) is 15. The monoisotopic (exact) mass is 928 g/mol. The van der Waals surface area contributed by atoms with Crippen LogP contribution >= 0.6 is 0 Å². The van der Waals surface area contributed by atoms with Gasteiger partial charge in [-0.15, -0.1) is 0 Å². The molecule has 15 nitrogen and oxygen atoms in total. The Morgan fingerprint density at radius 2 is 0.493 bits per heavy atom. The summed E-state index contributed by atoms with van der Waals surface area (Å²) < 4.78 is 93.1. The van der Waals surface area contributed by atoms with Crippen LogP contribution in [0.5, 0.6) is 23.0 Å². The maximum Gasteiger partial charge on any atom is 0.192 e. The molecule has 4 fully saturated rings. The zero-order chi connectivity index (χ0) is 46.3. The Morgan fingerprint density at radius 1 is 0.284 bits per heavy atom. The quantitative estimate of drug-likeness (QED) is 0.175. The highest BCUT2D eigenvalue weighted by atomic mass is 16.7. The molecule has 0 atom stereocenters. The third kappa shape index (κ3) is 11.4. The molecule has 15 heteroatoms. The predicted molar refractivity (Wildman–Crippen MR) is 242 cm³/mol. The highest BCUT2D eigenvalue weighted by Crippen LogP contribution is 2.45. The predicted octanol–water partition coefficient (Wildman–Crippen LogP) is 7.22. The van der Waals surface area contributed by atoms with Gasteiger partial charge in [0.2, 0.25) is 0 Å². The van der Waals surface area contributed by atoms with Crippen LogP contribution < -0.4 is 18.9 Å². The smallest absolute Gasteiger partial charge is 0.192 e. The fourth-order valence-corrected chi connectivity index (χ4v) is 8.43. The average molecular weight is 929 g/mol. The van der Waals surface area contributed by atoms with Crippen molar-refractivity contribution in [3.8, 4) is 23.0 Å². The first kappa shape index (κ1) is 47.7. The summed E-state index contributed by atoms with van der Waals surface area (Å²) in [5.74, 6) is -1.08. The molecule has 12 aliphatic rings. The molecular weight excluding hydrogens is 865 g/mol. The van der Waals surface area contributed by atoms with E-state index >= 15 is 0 Å². The first-order chi connectivity index (χ1) is 32.5. The lowest BCUT2D eigenvalue weighted by Crippen LogP contribution is -2.56. The lowest BCUT2D eigenvalue weighted by Gasteiger charge is -2.49. The largest absolute Gasteiger partial charge is 0.491 e. The Balaban J connectivity index is 0.810. The molecule has 0 radical (unpaired) electrons. The molecule has 362 valence electrons. The van der Waals surface area contributed by atoms with E-state index in [0.29, 0.717) is 142 Å². The van der Waals surface area contributed by atoms with Gasteiger partial charge in [-0.1, -0.05) is 48.5 Å². The van der Waals surface area contributed by atoms with Crippen LogP contribution in [0.3, 0.4) is 0 Å². The van der Waals surface area contributed by atoms with Gasteiger partial charge in [0.1, 0.15) is 49.4 Å². The third-order valence-electron chi connectivity index (χ3n) is 13.0. The molecule has 0 aromatic heterocycles. The second-order valence-electron chi connectivity index (χ2n) is 18.4. The van der Waals surface area contributed by atoms with Gasteiger partial charge in [0.15, 0.2) is 23.1 Å². The van der Waals surface area contributed by atoms with Gasteiger partial charge in [-0.3, -0.25) is 0 Å². The average Bonchev–Trinajstić information content (AvgIpc) is 3.36. The van der Waals surface area contributed by atoms with Gasteiger partial charge >= 0.3 is 0 Å². The van der Waals surface area contributed by atoms with E-state index in [-0.39, 0.29) is 0 Å². The van der Waals surface area contributed by atoms with Crippen molar-refractivity contribution in [1.82, 2.24) is 0 Å². The fourth-order valence-electron chi connectivity index (χ4n) is 8.43. The molecule has 4 saturated heterocycles. The molecule has 14 bridgehead atoms. The highest BCUT2D eigenvalue weighted by molar-refractivity contribution is 5.34. The minimum Gasteiger partial charge on any atom is -0.491 e. The van der Waals surface area contributed by atoms with Crippen molar-refractivity contribution in [3.05, 3.63) is 119 Å². The van der Waals surface area contributed by atoms with Crippen LogP contribution in [-0.4, -0.2) is 119 Å². The van der Waals surface area contributed by atoms with Gasteiger partial charge in [0.25, 0.3) is 0 Å². The van der Waals surface area contributed by atoms with Crippen molar-refractivity contribution >= 4 is 0 Å². The van der Waals surface area contributed by atoms with Gasteiger partial charge in [-0.25, -0.2) is 0 Å². The first-order valence-corrected chi connectivity index (χ1v) is 23.3. The van der Waals surface area contributed by atoms with Gasteiger partial charge < -0.3 is 71.1 Å². The molecule has 0 N–H and O–H groups in total. The summed E-state index contributed by atoms with van der Waals surface area (Å²) in [4.78, 5) is 0. The maximum absolute atomic E-state index is 6.44. The number of hydrogen-bond acceptors (Lipinski definition) is 15. The molecule has 0 amide bonds. The summed E-state index contributed by atoms with van der Waals surface area (Å²) in [6, 6.07) is 31.0. The molecule has 2 spiro atoms. The second kappa shape index (κ2) is 20.7. The molecule has 16 rings (SSSR count). The van der Waals surface area contributed by atoms with E-state index < -0.39 is 34.0 Å². The summed E-state index contributed by atoms with van der Waals surface area (Å²) in [5.41, 5.74) is 2.49. The standard InChI is InChI=1S/C52H64O15/c1-47-39-9-5-13-43(27-39)56-23-19-53-17-18-54-20-24-57-44-14-6-10-40(28-44)48(2)62-33-52(34-63-48)37-66-50(4,67-38-52)42-12-8-16-46(30-42)59-26-22-55-21-25-58-45-15-7-11-41(29-45)49(3)64-35-51(31-60-47,32-61-47)36-65-49/h5-16,27-30H,17-26,31-38H2,1-4H3. The Labute approximate surface area is 392 Å². The van der Waals surface area contributed by atoms with E-state index in [1.807, 2.05) is 125 Å². The normalized spacial score (nSPS) is 32.8. The van der Waals surface area contributed by atoms with Crippen LogP contribution in [0.2, 0.25) is 0 Å². The lowest BCUT2D eigenvalue weighted by atomic mass is 9.88. The van der Waals surface area contributed by atoms with Crippen molar-refractivity contribution in [1.29, 1.82) is 0 Å². The van der Waals surface area contributed by atoms with Crippen molar-refractivity contribution < 1.29 is 71.1 Å². The van der Waals surface area contributed by atoms with E-state index in [4.69, 9.17) is 71.1 Å². The molecule has 0 saturated carbocycles. The van der Waals surface area contributed by atoms with Crippen molar-refractivity contribution in [3.63, 3.8) is 0 Å². The number of benzene rings is 4. The van der Waals surface area contributed by atoms with E-state index in [1.165, 1.54) is 0 Å². The minimum atomic E-state index is -0.968. The van der Waals surface area contributed by atoms with Gasteiger partial charge in [0.05, 0.1) is 103 Å². The zero-order valence-corrected chi connectivity index (χ0v) is 39.1. The van der Waals surface area contributed by atoms with Crippen molar-refractivity contribution in [2.24, 2.45) is 10.8 Å². The van der Waals surface area contributed by atoms with Crippen LogP contribution in [0.1, 0.15) is 49.9 Å². The van der Waals surface area contributed by atoms with E-state index in [2.05, 4.69) is 0 Å². The number of rotatable bonds is 0. The summed E-state index contributed by atoms with van der Waals surface area (Å²) in [7, 11) is 0. The van der Waals surface area contributed by atoms with Crippen LogP contribution in [0.15, 0.2) is 97.1 Å². The van der Waals surface area contributed by atoms with E-state index in [9.17, 15) is 0 Å². The van der Waals surface area contributed by atoms with Gasteiger partial charge in [0, 0.05) is 22.3 Å². The molecule has 4 aromatic rings. The Hall–Kier alpha value is -4.36. The molecule has 4 aromatic carbocycles. The molecule has 67 heavy (non-hydrogen) atoms. The molecular formula is C52H64O15. The minimum absolute atomic E-state index is 0.360. The summed E-state index contributed by atoms with van der Waals surface area (Å²) in [6.07, 6.45) is 0. The summed E-state index contributed by atoms with van der Waals surface area (Å²) in [6.45, 7) is 14.8. The van der Waals surface area contributed by atoms with Gasteiger partial charge in [-0.05, 0) is 76.2 Å². The summed E-state index contributed by atoms with van der Waals surface area (Å²) in [5, 5.41) is 0. The fraction of sp³-hybridized carbons (Fsp3) is 0.538. The molecule has 0 aliphatic carbocycles. The third-order valence-corrected chi connectivity index (χ3v) is 13.0. The van der Waals surface area contributed by atoms with Crippen LogP contribution in [0.25, 0.3) is 0 Å². The van der Waals surface area contributed by atoms with E-state index in [0.717, 1.165) is 22.3 Å². The van der Waals surface area contributed by atoms with Crippen molar-refractivity contribution in [2.75, 3.05) is 119 Å². The lowest BCUT2D eigenvalue weighted by molar-refractivity contribution is -0.369. The van der Waals surface area contributed by atoms with Crippen LogP contribution in [-0.2, 0) is 75.3 Å². The van der Waals surface area contributed by atoms with Crippen LogP contribution in [0.4, 0.5) is 0 Å². The number of hydrogen-bond donors (Lipinski definition) is 0. The first-order valence-electron chi connectivity index (χ1n) is 23.3. The Morgan fingerprint density at radius 3 is 0.716 bits per heavy atom. The van der Waals surface area contributed by atoms with Crippen LogP contribution in [0, 0.1) is 10.8 Å².